The fourth-order valence-corrected chi connectivity index (χ4v) is 2.93. The van der Waals surface area contributed by atoms with Gasteiger partial charge in [-0.2, -0.15) is 0 Å². The molecule has 142 valence electrons. The maximum absolute atomic E-state index is 6.44. The Labute approximate surface area is 165 Å². The molecule has 0 radical (unpaired) electrons. The summed E-state index contributed by atoms with van der Waals surface area (Å²) in [6, 6.07) is 11.4. The molecule has 2 aromatic rings. The molecule has 4 nitrogen and oxygen atoms in total. The Kier molecular flexibility index (Phi) is 9.06. The maximum atomic E-state index is 6.44. The van der Waals surface area contributed by atoms with E-state index >= 15 is 0 Å². The van der Waals surface area contributed by atoms with E-state index in [1.165, 1.54) is 0 Å². The first kappa shape index (κ1) is 20.8. The van der Waals surface area contributed by atoms with Crippen molar-refractivity contribution in [3.63, 3.8) is 0 Å². The highest BCUT2D eigenvalue weighted by Gasteiger charge is 2.11. The third kappa shape index (κ3) is 6.69. The molecule has 2 N–H and O–H groups in total. The molecular weight excluding hydrogens is 371 g/mol. The second kappa shape index (κ2) is 11.3. The zero-order valence-electron chi connectivity index (χ0n) is 15.3. The molecule has 6 heteroatoms. The van der Waals surface area contributed by atoms with Crippen LogP contribution in [0.4, 0.5) is 0 Å². The van der Waals surface area contributed by atoms with Gasteiger partial charge in [0, 0.05) is 22.7 Å². The second-order valence-corrected chi connectivity index (χ2v) is 6.72. The highest BCUT2D eigenvalue weighted by molar-refractivity contribution is 6.31. The van der Waals surface area contributed by atoms with E-state index in [9.17, 15) is 0 Å². The number of hydrogen-bond acceptors (Lipinski definition) is 4. The highest BCUT2D eigenvalue weighted by Crippen LogP contribution is 2.34. The molecule has 0 heterocycles. The SMILES string of the molecule is CCOc1cc(CNCCCNC)c(Cl)cc1OCc1cccc(Cl)c1. The monoisotopic (exact) mass is 396 g/mol. The Bertz CT molecular complexity index is 696. The summed E-state index contributed by atoms with van der Waals surface area (Å²) in [5, 5.41) is 7.88. The fourth-order valence-electron chi connectivity index (χ4n) is 2.49. The zero-order chi connectivity index (χ0) is 18.8. The Morgan fingerprint density at radius 3 is 2.54 bits per heavy atom. The zero-order valence-corrected chi connectivity index (χ0v) is 16.8. The van der Waals surface area contributed by atoms with Crippen LogP contribution in [0.25, 0.3) is 0 Å². The van der Waals surface area contributed by atoms with Crippen molar-refractivity contribution in [1.29, 1.82) is 0 Å². The third-order valence-corrected chi connectivity index (χ3v) is 4.38. The van der Waals surface area contributed by atoms with Gasteiger partial charge < -0.3 is 20.1 Å². The second-order valence-electron chi connectivity index (χ2n) is 5.88. The van der Waals surface area contributed by atoms with Crippen LogP contribution in [0.1, 0.15) is 24.5 Å². The number of hydrogen-bond donors (Lipinski definition) is 2. The molecule has 0 saturated heterocycles. The molecule has 0 atom stereocenters. The van der Waals surface area contributed by atoms with Gasteiger partial charge in [-0.3, -0.25) is 0 Å². The van der Waals surface area contributed by atoms with E-state index in [2.05, 4.69) is 10.6 Å². The standard InChI is InChI=1S/C20H26Cl2N2O2/c1-3-25-19-11-16(13-24-9-5-8-23-2)18(22)12-20(19)26-14-15-6-4-7-17(21)10-15/h4,6-7,10-12,23-24H,3,5,8-9,13-14H2,1-2H3. The Balaban J connectivity index is 2.04. The van der Waals surface area contributed by atoms with Gasteiger partial charge in [0.2, 0.25) is 0 Å². The third-order valence-electron chi connectivity index (χ3n) is 3.79. The molecule has 0 aromatic heterocycles. The van der Waals surface area contributed by atoms with Crippen molar-refractivity contribution in [1.82, 2.24) is 10.6 Å². The van der Waals surface area contributed by atoms with Crippen molar-refractivity contribution in [2.45, 2.75) is 26.5 Å². The molecule has 0 aliphatic carbocycles. The van der Waals surface area contributed by atoms with E-state index in [1.807, 2.05) is 50.4 Å². The number of rotatable bonds is 11. The lowest BCUT2D eigenvalue weighted by atomic mass is 10.2. The first-order chi connectivity index (χ1) is 12.6. The molecule has 0 aliphatic rings. The minimum atomic E-state index is 0.401. The summed E-state index contributed by atoms with van der Waals surface area (Å²) in [5.41, 5.74) is 1.99. The van der Waals surface area contributed by atoms with Crippen LogP contribution in [-0.2, 0) is 13.2 Å². The summed E-state index contributed by atoms with van der Waals surface area (Å²) >= 11 is 12.5. The summed E-state index contributed by atoms with van der Waals surface area (Å²) in [7, 11) is 1.95. The maximum Gasteiger partial charge on any atom is 0.163 e. The van der Waals surface area contributed by atoms with Crippen LogP contribution in [0.15, 0.2) is 36.4 Å². The van der Waals surface area contributed by atoms with Gasteiger partial charge >= 0.3 is 0 Å². The Morgan fingerprint density at radius 1 is 1.00 bits per heavy atom. The van der Waals surface area contributed by atoms with Crippen LogP contribution < -0.4 is 20.1 Å². The molecule has 0 aliphatic heterocycles. The van der Waals surface area contributed by atoms with Gasteiger partial charge in [-0.1, -0.05) is 35.3 Å². The minimum absolute atomic E-state index is 0.401. The summed E-state index contributed by atoms with van der Waals surface area (Å²) < 4.78 is 11.7. The van der Waals surface area contributed by atoms with E-state index < -0.39 is 0 Å². The van der Waals surface area contributed by atoms with E-state index in [4.69, 9.17) is 32.7 Å². The molecule has 2 rings (SSSR count). The summed E-state index contributed by atoms with van der Waals surface area (Å²) in [5.74, 6) is 1.33. The first-order valence-electron chi connectivity index (χ1n) is 8.81. The van der Waals surface area contributed by atoms with Crippen molar-refractivity contribution in [2.75, 3.05) is 26.7 Å². The summed E-state index contributed by atoms with van der Waals surface area (Å²) in [4.78, 5) is 0. The molecule has 0 spiro atoms. The van der Waals surface area contributed by atoms with E-state index in [1.54, 1.807) is 0 Å². The molecular formula is C20H26Cl2N2O2. The van der Waals surface area contributed by atoms with Crippen LogP contribution in [0.5, 0.6) is 11.5 Å². The lowest BCUT2D eigenvalue weighted by molar-refractivity contribution is 0.269. The van der Waals surface area contributed by atoms with E-state index in [-0.39, 0.29) is 0 Å². The van der Waals surface area contributed by atoms with Crippen LogP contribution >= 0.6 is 23.2 Å². The fraction of sp³-hybridized carbons (Fsp3) is 0.400. The van der Waals surface area contributed by atoms with Gasteiger partial charge in [0.05, 0.1) is 6.61 Å². The first-order valence-corrected chi connectivity index (χ1v) is 9.57. The molecule has 2 aromatic carbocycles. The van der Waals surface area contributed by atoms with Crippen molar-refractivity contribution in [3.05, 3.63) is 57.6 Å². The van der Waals surface area contributed by atoms with Gasteiger partial charge in [-0.25, -0.2) is 0 Å². The van der Waals surface area contributed by atoms with Gasteiger partial charge in [0.25, 0.3) is 0 Å². The largest absolute Gasteiger partial charge is 0.490 e. The average molecular weight is 397 g/mol. The molecule has 0 saturated carbocycles. The quantitative estimate of drug-likeness (QED) is 0.541. The normalized spacial score (nSPS) is 10.8. The summed E-state index contributed by atoms with van der Waals surface area (Å²) in [6.45, 7) is 5.51. The molecule has 0 bridgehead atoms. The molecule has 0 amide bonds. The van der Waals surface area contributed by atoms with Crippen molar-refractivity contribution in [3.8, 4) is 11.5 Å². The average Bonchev–Trinajstić information content (AvgIpc) is 2.62. The van der Waals surface area contributed by atoms with E-state index in [0.717, 1.165) is 30.6 Å². The minimum Gasteiger partial charge on any atom is -0.490 e. The van der Waals surface area contributed by atoms with Gasteiger partial charge in [0.1, 0.15) is 6.61 Å². The predicted molar refractivity (Wildman–Crippen MR) is 109 cm³/mol. The van der Waals surface area contributed by atoms with Crippen LogP contribution in [0.2, 0.25) is 10.0 Å². The molecule has 26 heavy (non-hydrogen) atoms. The number of benzene rings is 2. The number of ether oxygens (including phenoxy) is 2. The van der Waals surface area contributed by atoms with Gasteiger partial charge in [-0.05, 0) is 62.8 Å². The van der Waals surface area contributed by atoms with Crippen molar-refractivity contribution >= 4 is 23.2 Å². The van der Waals surface area contributed by atoms with Crippen molar-refractivity contribution in [2.24, 2.45) is 0 Å². The lowest BCUT2D eigenvalue weighted by Gasteiger charge is -2.15. The Morgan fingerprint density at radius 2 is 1.81 bits per heavy atom. The lowest BCUT2D eigenvalue weighted by Crippen LogP contribution is -2.19. The van der Waals surface area contributed by atoms with Gasteiger partial charge in [-0.15, -0.1) is 0 Å². The van der Waals surface area contributed by atoms with Gasteiger partial charge in [0.15, 0.2) is 11.5 Å². The molecule has 0 unspecified atom stereocenters. The van der Waals surface area contributed by atoms with Crippen LogP contribution in [0.3, 0.4) is 0 Å². The van der Waals surface area contributed by atoms with Crippen LogP contribution in [-0.4, -0.2) is 26.7 Å². The smallest absolute Gasteiger partial charge is 0.163 e. The van der Waals surface area contributed by atoms with E-state index in [0.29, 0.717) is 41.3 Å². The number of nitrogens with one attached hydrogen (secondary N) is 2. The Hall–Kier alpha value is -1.46. The molecule has 0 fully saturated rings. The topological polar surface area (TPSA) is 42.5 Å². The highest BCUT2D eigenvalue weighted by atomic mass is 35.5. The predicted octanol–water partition coefficient (Wildman–Crippen LogP) is 4.67. The number of halogens is 2. The van der Waals surface area contributed by atoms with Crippen LogP contribution in [0, 0.1) is 0 Å². The summed E-state index contributed by atoms with van der Waals surface area (Å²) in [6.07, 6.45) is 1.06. The van der Waals surface area contributed by atoms with Crippen molar-refractivity contribution < 1.29 is 9.47 Å².